The monoisotopic (exact) mass is 414 g/mol. The van der Waals surface area contributed by atoms with Gasteiger partial charge in [0.05, 0.1) is 30.1 Å². The summed E-state index contributed by atoms with van der Waals surface area (Å²) in [6, 6.07) is 10.3. The molecule has 5 heterocycles. The number of Topliss-reactive ketones (excluding diaryl/α,β-unsaturated/α-hetero) is 1. The highest BCUT2D eigenvalue weighted by Gasteiger charge is 2.41. The summed E-state index contributed by atoms with van der Waals surface area (Å²) in [7, 11) is 0. The zero-order chi connectivity index (χ0) is 20.9. The molecular weight excluding hydrogens is 397 g/mol. The van der Waals surface area contributed by atoms with Gasteiger partial charge in [0.25, 0.3) is 5.78 Å². The molecule has 0 N–H and O–H groups in total. The Morgan fingerprint density at radius 2 is 1.83 bits per heavy atom. The molecule has 30 heavy (non-hydrogen) atoms. The van der Waals surface area contributed by atoms with E-state index in [2.05, 4.69) is 9.88 Å². The number of carbonyl (C=O) groups is 1. The maximum atomic E-state index is 13.2. The van der Waals surface area contributed by atoms with E-state index in [1.54, 1.807) is 35.0 Å². The molecule has 1 fully saturated rings. The average Bonchev–Trinajstić information content (AvgIpc) is 3.37. The van der Waals surface area contributed by atoms with Gasteiger partial charge in [0.2, 0.25) is 0 Å². The zero-order valence-electron chi connectivity index (χ0n) is 15.8. The normalized spacial score (nSPS) is 15.2. The quantitative estimate of drug-likeness (QED) is 0.478. The van der Waals surface area contributed by atoms with Gasteiger partial charge in [-0.3, -0.25) is 9.20 Å². The maximum absolute atomic E-state index is 13.2. The highest BCUT2D eigenvalue weighted by molar-refractivity contribution is 6.03. The van der Waals surface area contributed by atoms with Crippen LogP contribution in [0.4, 0.5) is 18.9 Å². The number of nitrogens with zero attached hydrogens (tertiary/aromatic N) is 4. The Balaban J connectivity index is 1.75. The number of ether oxygens (including phenoxy) is 1. The van der Waals surface area contributed by atoms with Gasteiger partial charge in [-0.2, -0.15) is 13.2 Å². The lowest BCUT2D eigenvalue weighted by Crippen LogP contribution is -2.36. The molecule has 4 aromatic rings. The molecule has 0 atom stereocenters. The van der Waals surface area contributed by atoms with E-state index in [-0.39, 0.29) is 0 Å². The van der Waals surface area contributed by atoms with Gasteiger partial charge in [0.1, 0.15) is 5.65 Å². The summed E-state index contributed by atoms with van der Waals surface area (Å²) in [5.74, 6) is -1.87. The lowest BCUT2D eigenvalue weighted by atomic mass is 10.1. The number of fused-ring (bicyclic) bond motifs is 2. The zero-order valence-corrected chi connectivity index (χ0v) is 15.8. The predicted molar refractivity (Wildman–Crippen MR) is 105 cm³/mol. The fourth-order valence-corrected chi connectivity index (χ4v) is 3.90. The Kier molecular flexibility index (Phi) is 4.28. The van der Waals surface area contributed by atoms with Crippen molar-refractivity contribution < 1.29 is 22.7 Å². The molecule has 0 amide bonds. The topological polar surface area (TPSA) is 51.2 Å². The van der Waals surface area contributed by atoms with Gasteiger partial charge in [-0.1, -0.05) is 6.07 Å². The molecule has 0 radical (unpaired) electrons. The summed E-state index contributed by atoms with van der Waals surface area (Å²) < 4.78 is 48.2. The fraction of sp³-hybridized carbons (Fsp3) is 0.238. The van der Waals surface area contributed by atoms with E-state index in [1.165, 1.54) is 16.7 Å². The van der Waals surface area contributed by atoms with Crippen molar-refractivity contribution in [2.45, 2.75) is 6.18 Å². The van der Waals surface area contributed by atoms with Crippen LogP contribution >= 0.6 is 0 Å². The first-order valence-corrected chi connectivity index (χ1v) is 9.45. The Morgan fingerprint density at radius 1 is 1.03 bits per heavy atom. The van der Waals surface area contributed by atoms with Crippen molar-refractivity contribution in [3.05, 3.63) is 60.7 Å². The molecule has 1 aliphatic rings. The summed E-state index contributed by atoms with van der Waals surface area (Å²) in [6.07, 6.45) is -0.0740. The first-order chi connectivity index (χ1) is 14.4. The van der Waals surface area contributed by atoms with Gasteiger partial charge in [-0.15, -0.1) is 0 Å². The van der Waals surface area contributed by atoms with Gasteiger partial charge in [-0.25, -0.2) is 4.98 Å². The summed E-state index contributed by atoms with van der Waals surface area (Å²) in [5.41, 5.74) is 2.82. The van der Waals surface area contributed by atoms with Crippen LogP contribution in [0.2, 0.25) is 0 Å². The molecular formula is C21H17F3N4O2. The van der Waals surface area contributed by atoms with Crippen molar-refractivity contribution in [2.75, 3.05) is 31.2 Å². The molecule has 6 nitrogen and oxygen atoms in total. The lowest BCUT2D eigenvalue weighted by Gasteiger charge is -2.29. The Hall–Kier alpha value is -3.33. The largest absolute Gasteiger partial charge is 0.456 e. The summed E-state index contributed by atoms with van der Waals surface area (Å²) in [6.45, 7) is 2.56. The highest BCUT2D eigenvalue weighted by atomic mass is 19.4. The van der Waals surface area contributed by atoms with Crippen molar-refractivity contribution in [1.29, 1.82) is 0 Å². The SMILES string of the molecule is O=C(c1cc(-c2cccc3nccn23)c2cc(N3CCOCC3)ccn12)C(F)(F)F. The van der Waals surface area contributed by atoms with Crippen LogP contribution < -0.4 is 4.90 Å². The van der Waals surface area contributed by atoms with Crippen LogP contribution in [0.3, 0.4) is 0 Å². The van der Waals surface area contributed by atoms with Gasteiger partial charge in [0, 0.05) is 42.9 Å². The Morgan fingerprint density at radius 3 is 2.60 bits per heavy atom. The van der Waals surface area contributed by atoms with E-state index in [4.69, 9.17) is 4.74 Å². The summed E-state index contributed by atoms with van der Waals surface area (Å²) in [4.78, 5) is 18.5. The van der Waals surface area contributed by atoms with E-state index >= 15 is 0 Å². The number of pyridine rings is 2. The van der Waals surface area contributed by atoms with E-state index in [1.807, 2.05) is 12.1 Å². The third kappa shape index (κ3) is 3.02. The smallest absolute Gasteiger partial charge is 0.378 e. The fourth-order valence-electron chi connectivity index (χ4n) is 3.90. The van der Waals surface area contributed by atoms with Gasteiger partial charge < -0.3 is 14.0 Å². The van der Waals surface area contributed by atoms with E-state index < -0.39 is 17.7 Å². The van der Waals surface area contributed by atoms with Crippen molar-refractivity contribution in [1.82, 2.24) is 13.8 Å². The third-order valence-electron chi connectivity index (χ3n) is 5.33. The van der Waals surface area contributed by atoms with Crippen LogP contribution in [0.25, 0.3) is 22.4 Å². The van der Waals surface area contributed by atoms with Crippen LogP contribution in [0, 0.1) is 0 Å². The van der Waals surface area contributed by atoms with Crippen molar-refractivity contribution in [3.8, 4) is 11.3 Å². The number of halogens is 3. The molecule has 9 heteroatoms. The first kappa shape index (κ1) is 18.7. The number of morpholine rings is 1. The highest BCUT2D eigenvalue weighted by Crippen LogP contribution is 2.34. The molecule has 154 valence electrons. The van der Waals surface area contributed by atoms with E-state index in [9.17, 15) is 18.0 Å². The molecule has 0 bridgehead atoms. The summed E-state index contributed by atoms with van der Waals surface area (Å²) >= 11 is 0. The number of hydrogen-bond donors (Lipinski definition) is 0. The molecule has 0 saturated carbocycles. The molecule has 1 saturated heterocycles. The van der Waals surface area contributed by atoms with Gasteiger partial charge in [-0.05, 0) is 30.3 Å². The van der Waals surface area contributed by atoms with E-state index in [0.29, 0.717) is 48.7 Å². The summed E-state index contributed by atoms with van der Waals surface area (Å²) in [5, 5.41) is 0. The second-order valence-corrected chi connectivity index (χ2v) is 7.08. The van der Waals surface area contributed by atoms with E-state index in [0.717, 1.165) is 5.69 Å². The minimum atomic E-state index is -4.96. The minimum absolute atomic E-state index is 0.418. The number of rotatable bonds is 3. The van der Waals surface area contributed by atoms with Crippen LogP contribution in [0.5, 0.6) is 0 Å². The van der Waals surface area contributed by atoms with Crippen molar-refractivity contribution in [3.63, 3.8) is 0 Å². The number of aromatic nitrogens is 3. The third-order valence-corrected chi connectivity index (χ3v) is 5.33. The molecule has 0 aliphatic carbocycles. The maximum Gasteiger partial charge on any atom is 0.456 e. The predicted octanol–water partition coefficient (Wildman–Crippen LogP) is 3.84. The minimum Gasteiger partial charge on any atom is -0.378 e. The van der Waals surface area contributed by atoms with Gasteiger partial charge >= 0.3 is 6.18 Å². The molecule has 0 unspecified atom stereocenters. The Bertz CT molecular complexity index is 1250. The lowest BCUT2D eigenvalue weighted by molar-refractivity contribution is -0.0888. The van der Waals surface area contributed by atoms with Gasteiger partial charge in [0.15, 0.2) is 0 Å². The number of ketones is 1. The molecule has 1 aliphatic heterocycles. The molecule has 4 aromatic heterocycles. The first-order valence-electron chi connectivity index (χ1n) is 9.45. The van der Waals surface area contributed by atoms with Crippen LogP contribution in [-0.4, -0.2) is 52.0 Å². The second-order valence-electron chi connectivity index (χ2n) is 7.08. The molecule has 0 spiro atoms. The number of alkyl halides is 3. The van der Waals surface area contributed by atoms with Crippen LogP contribution in [-0.2, 0) is 4.74 Å². The molecule has 5 rings (SSSR count). The Labute approximate surface area is 169 Å². The van der Waals surface area contributed by atoms with Crippen molar-refractivity contribution >= 4 is 22.6 Å². The van der Waals surface area contributed by atoms with Crippen LogP contribution in [0.15, 0.2) is 55.0 Å². The second kappa shape index (κ2) is 6.88. The number of imidazole rings is 1. The molecule has 0 aromatic carbocycles. The number of carbonyl (C=O) groups excluding carboxylic acids is 1. The number of anilines is 1. The van der Waals surface area contributed by atoms with Crippen LogP contribution in [0.1, 0.15) is 10.5 Å². The standard InChI is InChI=1S/C21H17F3N4O2/c22-21(23,24)20(29)18-13-15(16-2-1-3-19-25-5-7-28(16)19)17-12-14(4-6-27(17)18)26-8-10-30-11-9-26/h1-7,12-13H,8-11H2. The van der Waals surface area contributed by atoms with Crippen molar-refractivity contribution in [2.24, 2.45) is 0 Å². The number of hydrogen-bond acceptors (Lipinski definition) is 4. The average molecular weight is 414 g/mol.